The summed E-state index contributed by atoms with van der Waals surface area (Å²) < 4.78 is 5.67. The molecule has 4 N–H and O–H groups in total. The second-order valence-corrected chi connectivity index (χ2v) is 13.0. The zero-order valence-electron chi connectivity index (χ0n) is 24.4. The lowest BCUT2D eigenvalue weighted by Gasteiger charge is -2.35. The minimum atomic E-state index is -0.874. The van der Waals surface area contributed by atoms with E-state index in [-0.39, 0.29) is 37.3 Å². The van der Waals surface area contributed by atoms with Crippen LogP contribution in [0.5, 0.6) is 0 Å². The van der Waals surface area contributed by atoms with E-state index in [0.29, 0.717) is 19.1 Å². The molecule has 11 heteroatoms. The van der Waals surface area contributed by atoms with Crippen LogP contribution in [0.3, 0.4) is 0 Å². The number of aryl methyl sites for hydroxylation is 1. The molecule has 1 aromatic heterocycles. The molecule has 0 spiro atoms. The molecule has 41 heavy (non-hydrogen) atoms. The summed E-state index contributed by atoms with van der Waals surface area (Å²) in [6.07, 6.45) is 1.36. The van der Waals surface area contributed by atoms with Crippen molar-refractivity contribution in [2.45, 2.75) is 71.7 Å². The fourth-order valence-electron chi connectivity index (χ4n) is 5.35. The van der Waals surface area contributed by atoms with Crippen molar-refractivity contribution in [3.63, 3.8) is 0 Å². The Kier molecular flexibility index (Phi) is 10.5. The van der Waals surface area contributed by atoms with Crippen LogP contribution in [-0.4, -0.2) is 83.7 Å². The summed E-state index contributed by atoms with van der Waals surface area (Å²) in [4.78, 5) is 46.5. The standard InChI is InChI=1S/C30H43N5O5S/c1-19-26(41-18-33-19)22-7-5-20(6-8-22)14-32-28(38)24-13-23(36)15-35(24)29(39)27(30(2,3)4)34-25(37)17-40-16-21-9-11-31-12-10-21/h5-8,18,21,23-24,27,31,36H,9-17H2,1-4H3,(H,32,38)(H,34,37)/t23-,24+,27-/m1/s1. The van der Waals surface area contributed by atoms with Gasteiger partial charge >= 0.3 is 0 Å². The van der Waals surface area contributed by atoms with Crippen LogP contribution in [0.25, 0.3) is 10.4 Å². The molecule has 2 saturated heterocycles. The van der Waals surface area contributed by atoms with Crippen LogP contribution in [-0.2, 0) is 25.7 Å². The highest BCUT2D eigenvalue weighted by Crippen LogP contribution is 2.28. The maximum Gasteiger partial charge on any atom is 0.246 e. The molecule has 4 rings (SSSR count). The third-order valence-corrected chi connectivity index (χ3v) is 8.73. The zero-order chi connectivity index (χ0) is 29.6. The molecular formula is C30H43N5O5S. The molecule has 2 aliphatic rings. The minimum absolute atomic E-state index is 0.0362. The topological polar surface area (TPSA) is 133 Å². The molecule has 3 heterocycles. The van der Waals surface area contributed by atoms with Crippen molar-refractivity contribution in [1.29, 1.82) is 0 Å². The van der Waals surface area contributed by atoms with Crippen molar-refractivity contribution >= 4 is 29.1 Å². The summed E-state index contributed by atoms with van der Waals surface area (Å²) in [6.45, 7) is 10.2. The number of thiazole rings is 1. The van der Waals surface area contributed by atoms with Crippen LogP contribution in [0.4, 0.5) is 0 Å². The first-order valence-electron chi connectivity index (χ1n) is 14.4. The summed E-state index contributed by atoms with van der Waals surface area (Å²) in [5, 5.41) is 19.5. The quantitative estimate of drug-likeness (QED) is 0.336. The minimum Gasteiger partial charge on any atom is -0.391 e. The number of β-amino-alcohol motifs (C(OH)–C–C–N with tert-alkyl or cyclic N) is 1. The number of hydrogen-bond acceptors (Lipinski definition) is 8. The smallest absolute Gasteiger partial charge is 0.246 e. The van der Waals surface area contributed by atoms with Crippen molar-refractivity contribution in [3.8, 4) is 10.4 Å². The van der Waals surface area contributed by atoms with E-state index >= 15 is 0 Å². The molecule has 2 aromatic rings. The van der Waals surface area contributed by atoms with Gasteiger partial charge in [-0.1, -0.05) is 45.0 Å². The van der Waals surface area contributed by atoms with Crippen LogP contribution in [0, 0.1) is 18.3 Å². The Morgan fingerprint density at radius 1 is 1.20 bits per heavy atom. The van der Waals surface area contributed by atoms with E-state index < -0.39 is 23.6 Å². The maximum absolute atomic E-state index is 13.7. The van der Waals surface area contributed by atoms with E-state index in [1.165, 1.54) is 4.90 Å². The Labute approximate surface area is 246 Å². The molecule has 3 atom stereocenters. The van der Waals surface area contributed by atoms with Crippen LogP contribution < -0.4 is 16.0 Å². The Hall–Kier alpha value is -2.86. The lowest BCUT2D eigenvalue weighted by atomic mass is 9.85. The first-order valence-corrected chi connectivity index (χ1v) is 15.2. The molecule has 0 saturated carbocycles. The normalized spacial score (nSPS) is 20.6. The number of nitrogens with zero attached hydrogens (tertiary/aromatic N) is 2. The average Bonchev–Trinajstić information content (AvgIpc) is 3.55. The van der Waals surface area contributed by atoms with Gasteiger partial charge in [-0.05, 0) is 55.3 Å². The highest BCUT2D eigenvalue weighted by Gasteiger charge is 2.44. The van der Waals surface area contributed by atoms with Gasteiger partial charge in [0.2, 0.25) is 17.7 Å². The number of aliphatic hydroxyl groups is 1. The molecule has 1 aromatic carbocycles. The summed E-state index contributed by atoms with van der Waals surface area (Å²) >= 11 is 1.59. The molecule has 0 aliphatic carbocycles. The van der Waals surface area contributed by atoms with Crippen LogP contribution in [0.2, 0.25) is 0 Å². The van der Waals surface area contributed by atoms with Gasteiger partial charge in [0.1, 0.15) is 18.7 Å². The predicted octanol–water partition coefficient (Wildman–Crippen LogP) is 2.24. The fourth-order valence-corrected chi connectivity index (χ4v) is 6.16. The number of piperidine rings is 1. The summed E-state index contributed by atoms with van der Waals surface area (Å²) in [6, 6.07) is 6.22. The van der Waals surface area contributed by atoms with Gasteiger partial charge in [-0.2, -0.15) is 0 Å². The van der Waals surface area contributed by atoms with Gasteiger partial charge in [-0.3, -0.25) is 14.4 Å². The Balaban J connectivity index is 1.34. The summed E-state index contributed by atoms with van der Waals surface area (Å²) in [5.41, 5.74) is 4.18. The van der Waals surface area contributed by atoms with Crippen molar-refractivity contribution in [2.24, 2.45) is 11.3 Å². The summed E-state index contributed by atoms with van der Waals surface area (Å²) in [7, 11) is 0. The first kappa shape index (κ1) is 31.1. The van der Waals surface area contributed by atoms with Crippen LogP contribution >= 0.6 is 11.3 Å². The van der Waals surface area contributed by atoms with E-state index in [0.717, 1.165) is 47.6 Å². The third-order valence-electron chi connectivity index (χ3n) is 7.76. The van der Waals surface area contributed by atoms with E-state index in [4.69, 9.17) is 4.74 Å². The molecule has 0 bridgehead atoms. The van der Waals surface area contributed by atoms with Gasteiger partial charge in [0.25, 0.3) is 0 Å². The SMILES string of the molecule is Cc1ncsc1-c1ccc(CNC(=O)[C@@H]2C[C@@H](O)CN2C(=O)[C@@H](NC(=O)COCC2CCNCC2)C(C)(C)C)cc1. The fraction of sp³-hybridized carbons (Fsp3) is 0.600. The molecule has 3 amide bonds. The van der Waals surface area contributed by atoms with Gasteiger partial charge in [0.15, 0.2) is 0 Å². The van der Waals surface area contributed by atoms with Crippen molar-refractivity contribution in [3.05, 3.63) is 41.0 Å². The number of nitrogens with one attached hydrogen (secondary N) is 3. The largest absolute Gasteiger partial charge is 0.391 e. The number of benzene rings is 1. The Bertz CT molecular complexity index is 1190. The molecule has 10 nitrogen and oxygen atoms in total. The van der Waals surface area contributed by atoms with E-state index in [1.54, 1.807) is 11.3 Å². The Morgan fingerprint density at radius 2 is 1.90 bits per heavy atom. The second-order valence-electron chi connectivity index (χ2n) is 12.2. The zero-order valence-corrected chi connectivity index (χ0v) is 25.3. The van der Waals surface area contributed by atoms with Gasteiger partial charge in [0.05, 0.1) is 28.8 Å². The summed E-state index contributed by atoms with van der Waals surface area (Å²) in [5.74, 6) is -0.661. The lowest BCUT2D eigenvalue weighted by molar-refractivity contribution is -0.144. The molecule has 224 valence electrons. The highest BCUT2D eigenvalue weighted by atomic mass is 32.1. The van der Waals surface area contributed by atoms with Crippen molar-refractivity contribution in [2.75, 3.05) is 32.8 Å². The second kappa shape index (κ2) is 13.9. The van der Waals surface area contributed by atoms with E-state index in [9.17, 15) is 19.5 Å². The van der Waals surface area contributed by atoms with Crippen LogP contribution in [0.15, 0.2) is 29.8 Å². The first-order chi connectivity index (χ1) is 19.5. The monoisotopic (exact) mass is 585 g/mol. The maximum atomic E-state index is 13.7. The predicted molar refractivity (Wildman–Crippen MR) is 158 cm³/mol. The van der Waals surface area contributed by atoms with Crippen molar-refractivity contribution < 1.29 is 24.2 Å². The third kappa shape index (κ3) is 8.34. The number of carbonyl (C=O) groups is 3. The lowest BCUT2D eigenvalue weighted by Crippen LogP contribution is -2.58. The van der Waals surface area contributed by atoms with Gasteiger partial charge in [-0.15, -0.1) is 11.3 Å². The highest BCUT2D eigenvalue weighted by molar-refractivity contribution is 7.13. The number of rotatable bonds is 10. The van der Waals surface area contributed by atoms with Crippen LogP contribution in [0.1, 0.15) is 51.3 Å². The van der Waals surface area contributed by atoms with E-state index in [1.807, 2.05) is 57.5 Å². The van der Waals surface area contributed by atoms with Crippen molar-refractivity contribution in [1.82, 2.24) is 25.8 Å². The number of hydrogen-bond donors (Lipinski definition) is 4. The van der Waals surface area contributed by atoms with E-state index in [2.05, 4.69) is 20.9 Å². The molecule has 0 radical (unpaired) electrons. The molecular weight excluding hydrogens is 542 g/mol. The number of aromatic nitrogens is 1. The average molecular weight is 586 g/mol. The van der Waals surface area contributed by atoms with Gasteiger partial charge < -0.3 is 30.7 Å². The Morgan fingerprint density at radius 3 is 2.54 bits per heavy atom. The number of carbonyl (C=O) groups excluding carboxylic acids is 3. The number of amides is 3. The number of aliphatic hydroxyl groups excluding tert-OH is 1. The van der Waals surface area contributed by atoms with Gasteiger partial charge in [-0.25, -0.2) is 4.98 Å². The van der Waals surface area contributed by atoms with Gasteiger partial charge in [0, 0.05) is 19.5 Å². The molecule has 0 unspecified atom stereocenters. The molecule has 2 fully saturated rings. The number of likely N-dealkylation sites (tertiary alicyclic amines) is 1. The molecule has 2 aliphatic heterocycles. The number of ether oxygens (including phenoxy) is 1.